The third-order valence-electron chi connectivity index (χ3n) is 4.85. The number of amides is 3. The van der Waals surface area contributed by atoms with Crippen LogP contribution in [0.4, 0.5) is 0 Å². The van der Waals surface area contributed by atoms with E-state index in [4.69, 9.17) is 16.6 Å². The molecule has 5 atom stereocenters. The Hall–Kier alpha value is -2.24. The van der Waals surface area contributed by atoms with Gasteiger partial charge >= 0.3 is 5.97 Å². The Balaban J connectivity index is 5.25. The first-order chi connectivity index (χ1) is 14.3. The first-order valence-electron chi connectivity index (χ1n) is 10.6. The molecule has 3 amide bonds. The normalized spacial score (nSPS) is 16.2. The molecule has 9 N–H and O–H groups in total. The molecule has 0 radical (unpaired) electrons. The first-order valence-corrected chi connectivity index (χ1v) is 10.6. The Kier molecular flexibility index (Phi) is 12.9. The number of aliphatic hydroxyl groups is 1. The van der Waals surface area contributed by atoms with Crippen molar-refractivity contribution in [3.05, 3.63) is 0 Å². The number of aliphatic carboxylic acids is 1. The molecule has 0 heterocycles. The molecule has 0 saturated heterocycles. The second-order valence-corrected chi connectivity index (χ2v) is 8.42. The van der Waals surface area contributed by atoms with Crippen LogP contribution in [0.2, 0.25) is 0 Å². The fourth-order valence-corrected chi connectivity index (χ4v) is 2.84. The van der Waals surface area contributed by atoms with E-state index < -0.39 is 54.0 Å². The van der Waals surface area contributed by atoms with Crippen LogP contribution in [-0.2, 0) is 19.2 Å². The molecule has 0 aliphatic carbocycles. The lowest BCUT2D eigenvalue weighted by Gasteiger charge is -2.29. The molecule has 0 saturated carbocycles. The van der Waals surface area contributed by atoms with Crippen LogP contribution in [0, 0.1) is 11.8 Å². The SMILES string of the molecule is CC(C)C(NC(=O)C(N)CCCCN)C(=O)NC(C(=O)NC(C(=O)O)C(C)O)C(C)C. The predicted molar refractivity (Wildman–Crippen MR) is 116 cm³/mol. The Bertz CT molecular complexity index is 611. The van der Waals surface area contributed by atoms with Gasteiger partial charge in [-0.1, -0.05) is 34.1 Å². The van der Waals surface area contributed by atoms with Gasteiger partial charge in [-0.05, 0) is 38.1 Å². The molecule has 5 unspecified atom stereocenters. The summed E-state index contributed by atoms with van der Waals surface area (Å²) in [6.45, 7) is 8.58. The molecule has 31 heavy (non-hydrogen) atoms. The quantitative estimate of drug-likeness (QED) is 0.160. The highest BCUT2D eigenvalue weighted by Crippen LogP contribution is 2.08. The average molecular weight is 446 g/mol. The largest absolute Gasteiger partial charge is 0.480 e. The lowest BCUT2D eigenvalue weighted by Crippen LogP contribution is -2.60. The minimum Gasteiger partial charge on any atom is -0.480 e. The van der Waals surface area contributed by atoms with Crippen molar-refractivity contribution < 1.29 is 29.4 Å². The van der Waals surface area contributed by atoms with Gasteiger partial charge in [0.1, 0.15) is 12.1 Å². The van der Waals surface area contributed by atoms with E-state index in [1.165, 1.54) is 6.92 Å². The number of carboxylic acid groups (broad SMARTS) is 1. The molecule has 0 aliphatic rings. The van der Waals surface area contributed by atoms with E-state index in [1.54, 1.807) is 27.7 Å². The third-order valence-corrected chi connectivity index (χ3v) is 4.85. The molecule has 11 nitrogen and oxygen atoms in total. The lowest BCUT2D eigenvalue weighted by molar-refractivity contribution is -0.145. The fourth-order valence-electron chi connectivity index (χ4n) is 2.84. The van der Waals surface area contributed by atoms with E-state index in [2.05, 4.69) is 16.0 Å². The molecule has 0 bridgehead atoms. The summed E-state index contributed by atoms with van der Waals surface area (Å²) in [5.74, 6) is -3.88. The van der Waals surface area contributed by atoms with Gasteiger partial charge in [0.15, 0.2) is 6.04 Å². The molecular formula is C20H39N5O6. The Morgan fingerprint density at radius 3 is 1.55 bits per heavy atom. The monoisotopic (exact) mass is 445 g/mol. The second kappa shape index (κ2) is 13.9. The van der Waals surface area contributed by atoms with Crippen molar-refractivity contribution in [1.82, 2.24) is 16.0 Å². The topological polar surface area (TPSA) is 197 Å². The van der Waals surface area contributed by atoms with Gasteiger partial charge in [-0.3, -0.25) is 14.4 Å². The Morgan fingerprint density at radius 1 is 0.774 bits per heavy atom. The summed E-state index contributed by atoms with van der Waals surface area (Å²) in [6.07, 6.45) is 0.535. The molecule has 0 aromatic rings. The minimum absolute atomic E-state index is 0.291. The number of hydrogen-bond donors (Lipinski definition) is 7. The summed E-state index contributed by atoms with van der Waals surface area (Å²) >= 11 is 0. The highest BCUT2D eigenvalue weighted by molar-refractivity contribution is 5.94. The maximum Gasteiger partial charge on any atom is 0.328 e. The van der Waals surface area contributed by atoms with Crippen LogP contribution in [0.5, 0.6) is 0 Å². The summed E-state index contributed by atoms with van der Waals surface area (Å²) in [4.78, 5) is 49.1. The number of carbonyl (C=O) groups excluding carboxylic acids is 3. The van der Waals surface area contributed by atoms with Gasteiger partial charge in [-0.25, -0.2) is 4.79 Å². The third kappa shape index (κ3) is 10.1. The predicted octanol–water partition coefficient (Wildman–Crippen LogP) is -1.33. The molecule has 0 aromatic carbocycles. The summed E-state index contributed by atoms with van der Waals surface area (Å²) in [7, 11) is 0. The van der Waals surface area contributed by atoms with Gasteiger partial charge in [-0.2, -0.15) is 0 Å². The highest BCUT2D eigenvalue weighted by Gasteiger charge is 2.34. The van der Waals surface area contributed by atoms with Crippen LogP contribution in [0.1, 0.15) is 53.9 Å². The van der Waals surface area contributed by atoms with Crippen molar-refractivity contribution in [2.24, 2.45) is 23.3 Å². The summed E-state index contributed by atoms with van der Waals surface area (Å²) in [5.41, 5.74) is 11.3. The van der Waals surface area contributed by atoms with Crippen molar-refractivity contribution in [3.63, 3.8) is 0 Å². The van der Waals surface area contributed by atoms with E-state index in [0.29, 0.717) is 19.4 Å². The van der Waals surface area contributed by atoms with Crippen molar-refractivity contribution in [2.45, 2.75) is 84.2 Å². The van der Waals surface area contributed by atoms with Crippen LogP contribution in [0.3, 0.4) is 0 Å². The second-order valence-electron chi connectivity index (χ2n) is 8.42. The van der Waals surface area contributed by atoms with E-state index in [-0.39, 0.29) is 11.8 Å². The zero-order chi connectivity index (χ0) is 24.3. The minimum atomic E-state index is -1.52. The maximum absolute atomic E-state index is 12.8. The van der Waals surface area contributed by atoms with E-state index in [0.717, 1.165) is 6.42 Å². The van der Waals surface area contributed by atoms with Crippen molar-refractivity contribution in [3.8, 4) is 0 Å². The van der Waals surface area contributed by atoms with Gasteiger partial charge in [0, 0.05) is 0 Å². The van der Waals surface area contributed by atoms with Crippen LogP contribution >= 0.6 is 0 Å². The number of carboxylic acids is 1. The average Bonchev–Trinajstić information content (AvgIpc) is 2.66. The molecule has 180 valence electrons. The lowest BCUT2D eigenvalue weighted by atomic mass is 9.98. The number of hydrogen-bond acceptors (Lipinski definition) is 7. The van der Waals surface area contributed by atoms with Crippen LogP contribution in [0.25, 0.3) is 0 Å². The smallest absolute Gasteiger partial charge is 0.328 e. The van der Waals surface area contributed by atoms with E-state index >= 15 is 0 Å². The standard InChI is InChI=1S/C20H39N5O6/c1-10(2)14(23-17(27)13(22)8-6-7-9-21)18(28)24-15(11(3)4)19(29)25-16(12(5)26)20(30)31/h10-16,26H,6-9,21-22H2,1-5H3,(H,23,27)(H,24,28)(H,25,29)(H,30,31). The van der Waals surface area contributed by atoms with Gasteiger partial charge in [-0.15, -0.1) is 0 Å². The van der Waals surface area contributed by atoms with Gasteiger partial charge < -0.3 is 37.6 Å². The molecule has 0 spiro atoms. The maximum atomic E-state index is 12.8. The van der Waals surface area contributed by atoms with Crippen molar-refractivity contribution in [2.75, 3.05) is 6.54 Å². The van der Waals surface area contributed by atoms with E-state index in [1.807, 2.05) is 0 Å². The number of nitrogens with two attached hydrogens (primary N) is 2. The summed E-state index contributed by atoms with van der Waals surface area (Å²) in [6, 6.07) is -4.30. The number of rotatable bonds is 14. The van der Waals surface area contributed by atoms with Crippen LogP contribution < -0.4 is 27.4 Å². The highest BCUT2D eigenvalue weighted by atomic mass is 16.4. The van der Waals surface area contributed by atoms with Crippen molar-refractivity contribution >= 4 is 23.7 Å². The molecule has 0 fully saturated rings. The molecule has 0 aromatic heterocycles. The first kappa shape index (κ1) is 28.8. The number of unbranched alkanes of at least 4 members (excludes halogenated alkanes) is 1. The number of aliphatic hydroxyl groups excluding tert-OH is 1. The van der Waals surface area contributed by atoms with E-state index in [9.17, 15) is 24.3 Å². The zero-order valence-corrected chi connectivity index (χ0v) is 19.1. The summed E-state index contributed by atoms with van der Waals surface area (Å²) in [5, 5.41) is 26.2. The van der Waals surface area contributed by atoms with Gasteiger partial charge in [0.2, 0.25) is 17.7 Å². The van der Waals surface area contributed by atoms with Crippen LogP contribution in [-0.4, -0.2) is 70.7 Å². The zero-order valence-electron chi connectivity index (χ0n) is 19.1. The van der Waals surface area contributed by atoms with Gasteiger partial charge in [0.05, 0.1) is 12.1 Å². The molecule has 11 heteroatoms. The van der Waals surface area contributed by atoms with Gasteiger partial charge in [0.25, 0.3) is 0 Å². The van der Waals surface area contributed by atoms with Crippen LogP contribution in [0.15, 0.2) is 0 Å². The Morgan fingerprint density at radius 2 is 1.19 bits per heavy atom. The molecule has 0 rings (SSSR count). The molecular weight excluding hydrogens is 406 g/mol. The molecule has 0 aliphatic heterocycles. The number of nitrogens with one attached hydrogen (secondary N) is 3. The Labute approximate surface area is 183 Å². The fraction of sp³-hybridized carbons (Fsp3) is 0.800. The van der Waals surface area contributed by atoms with Crippen molar-refractivity contribution in [1.29, 1.82) is 0 Å². The summed E-state index contributed by atoms with van der Waals surface area (Å²) < 4.78 is 0. The number of carbonyl (C=O) groups is 4.